The van der Waals surface area contributed by atoms with Crippen molar-refractivity contribution in [3.8, 4) is 0 Å². The molecule has 0 aromatic heterocycles. The number of carbonyl (C=O) groups is 2. The molecule has 0 bridgehead atoms. The van der Waals surface area contributed by atoms with E-state index in [0.29, 0.717) is 6.54 Å². The van der Waals surface area contributed by atoms with E-state index in [9.17, 15) is 9.59 Å². The molecule has 1 unspecified atom stereocenters. The zero-order valence-electron chi connectivity index (χ0n) is 15.4. The van der Waals surface area contributed by atoms with Crippen molar-refractivity contribution in [3.05, 3.63) is 35.9 Å². The second kappa shape index (κ2) is 9.30. The van der Waals surface area contributed by atoms with Gasteiger partial charge in [0.25, 0.3) is 0 Å². The lowest BCUT2D eigenvalue weighted by molar-refractivity contribution is -0.124. The fourth-order valence-electron chi connectivity index (χ4n) is 2.22. The summed E-state index contributed by atoms with van der Waals surface area (Å²) in [5.74, 6) is -0.152. The standard InChI is InChI=1S/C19H30N2O3/c1-6-14(2)16(21-18(23)24-19(3,4)5)17(22)20-13-12-15-10-8-7-9-11-15/h7-11,14,16H,6,12-13H2,1-5H3,(H,20,22)(H,21,23)/t14?,16-/m0/s1. The van der Waals surface area contributed by atoms with Crippen molar-refractivity contribution in [1.82, 2.24) is 10.6 Å². The first kappa shape index (κ1) is 20.0. The number of benzene rings is 1. The van der Waals surface area contributed by atoms with E-state index >= 15 is 0 Å². The van der Waals surface area contributed by atoms with Crippen LogP contribution < -0.4 is 10.6 Å². The first-order valence-corrected chi connectivity index (χ1v) is 8.54. The molecule has 0 heterocycles. The SMILES string of the molecule is CCC(C)[C@H](NC(=O)OC(C)(C)C)C(=O)NCCc1ccccc1. The van der Waals surface area contributed by atoms with E-state index in [1.54, 1.807) is 20.8 Å². The van der Waals surface area contributed by atoms with E-state index in [4.69, 9.17) is 4.74 Å². The van der Waals surface area contributed by atoms with E-state index in [0.717, 1.165) is 18.4 Å². The number of hydrogen-bond donors (Lipinski definition) is 2. The topological polar surface area (TPSA) is 67.4 Å². The summed E-state index contributed by atoms with van der Waals surface area (Å²) in [6.45, 7) is 9.86. The first-order chi connectivity index (χ1) is 11.2. The van der Waals surface area contributed by atoms with Gasteiger partial charge in [0, 0.05) is 6.54 Å². The van der Waals surface area contributed by atoms with Crippen LogP contribution in [0.1, 0.15) is 46.6 Å². The third kappa shape index (κ3) is 7.49. The Morgan fingerprint density at radius 3 is 2.33 bits per heavy atom. The maximum Gasteiger partial charge on any atom is 0.408 e. The van der Waals surface area contributed by atoms with Crippen LogP contribution in [0.2, 0.25) is 0 Å². The van der Waals surface area contributed by atoms with E-state index in [2.05, 4.69) is 10.6 Å². The number of ether oxygens (including phenoxy) is 1. The Hall–Kier alpha value is -2.04. The highest BCUT2D eigenvalue weighted by atomic mass is 16.6. The summed E-state index contributed by atoms with van der Waals surface area (Å²) in [7, 11) is 0. The molecule has 2 N–H and O–H groups in total. The number of rotatable bonds is 7. The van der Waals surface area contributed by atoms with E-state index in [-0.39, 0.29) is 11.8 Å². The lowest BCUT2D eigenvalue weighted by Gasteiger charge is -2.26. The first-order valence-electron chi connectivity index (χ1n) is 8.54. The van der Waals surface area contributed by atoms with Crippen molar-refractivity contribution in [2.75, 3.05) is 6.54 Å². The second-order valence-electron chi connectivity index (χ2n) is 7.04. The predicted octanol–water partition coefficient (Wildman–Crippen LogP) is 3.28. The smallest absolute Gasteiger partial charge is 0.408 e. The molecule has 0 spiro atoms. The van der Waals surface area contributed by atoms with Crippen LogP contribution in [-0.4, -0.2) is 30.2 Å². The van der Waals surface area contributed by atoms with Gasteiger partial charge in [-0.2, -0.15) is 0 Å². The number of carbonyl (C=O) groups excluding carboxylic acids is 2. The maximum absolute atomic E-state index is 12.5. The van der Waals surface area contributed by atoms with Crippen molar-refractivity contribution in [1.29, 1.82) is 0 Å². The van der Waals surface area contributed by atoms with Crippen LogP contribution >= 0.6 is 0 Å². The zero-order valence-corrected chi connectivity index (χ0v) is 15.4. The Balaban J connectivity index is 2.56. The van der Waals surface area contributed by atoms with Crippen molar-refractivity contribution in [2.24, 2.45) is 5.92 Å². The highest BCUT2D eigenvalue weighted by molar-refractivity contribution is 5.85. The van der Waals surface area contributed by atoms with Crippen LogP contribution in [0, 0.1) is 5.92 Å². The molecule has 0 aliphatic heterocycles. The Morgan fingerprint density at radius 2 is 1.79 bits per heavy atom. The van der Waals surface area contributed by atoms with Crippen molar-refractivity contribution >= 4 is 12.0 Å². The van der Waals surface area contributed by atoms with Gasteiger partial charge in [0.15, 0.2) is 0 Å². The minimum atomic E-state index is -0.597. The molecule has 2 atom stereocenters. The molecule has 0 saturated heterocycles. The summed E-state index contributed by atoms with van der Waals surface area (Å²) < 4.78 is 5.26. The molecule has 0 fully saturated rings. The molecular formula is C19H30N2O3. The normalized spacial score (nSPS) is 13.7. The van der Waals surface area contributed by atoms with Gasteiger partial charge >= 0.3 is 6.09 Å². The fourth-order valence-corrected chi connectivity index (χ4v) is 2.22. The Morgan fingerprint density at radius 1 is 1.17 bits per heavy atom. The number of hydrogen-bond acceptors (Lipinski definition) is 3. The molecular weight excluding hydrogens is 304 g/mol. The lowest BCUT2D eigenvalue weighted by atomic mass is 9.98. The molecule has 1 aromatic carbocycles. The van der Waals surface area contributed by atoms with Gasteiger partial charge in [0.2, 0.25) is 5.91 Å². The summed E-state index contributed by atoms with van der Waals surface area (Å²) in [4.78, 5) is 24.4. The monoisotopic (exact) mass is 334 g/mol. The number of amides is 2. The fraction of sp³-hybridized carbons (Fsp3) is 0.579. The molecule has 5 heteroatoms. The van der Waals surface area contributed by atoms with Gasteiger partial charge in [-0.3, -0.25) is 4.79 Å². The quantitative estimate of drug-likeness (QED) is 0.804. The van der Waals surface area contributed by atoms with Gasteiger partial charge in [-0.15, -0.1) is 0 Å². The van der Waals surface area contributed by atoms with Crippen LogP contribution in [-0.2, 0) is 16.0 Å². The average molecular weight is 334 g/mol. The van der Waals surface area contributed by atoms with E-state index < -0.39 is 17.7 Å². The molecule has 24 heavy (non-hydrogen) atoms. The Kier molecular flexibility index (Phi) is 7.75. The van der Waals surface area contributed by atoms with Crippen molar-refractivity contribution < 1.29 is 14.3 Å². The molecule has 2 amide bonds. The molecule has 0 aliphatic rings. The number of nitrogens with one attached hydrogen (secondary N) is 2. The summed E-state index contributed by atoms with van der Waals surface area (Å²) in [6, 6.07) is 9.37. The third-order valence-electron chi connectivity index (χ3n) is 3.72. The third-order valence-corrected chi connectivity index (χ3v) is 3.72. The molecule has 0 saturated carbocycles. The summed E-state index contributed by atoms with van der Waals surface area (Å²) in [6.07, 6.45) is 0.977. The molecule has 134 valence electrons. The minimum Gasteiger partial charge on any atom is -0.444 e. The summed E-state index contributed by atoms with van der Waals surface area (Å²) in [5.41, 5.74) is 0.575. The molecule has 0 aliphatic carbocycles. The van der Waals surface area contributed by atoms with Crippen LogP contribution in [0.25, 0.3) is 0 Å². The van der Waals surface area contributed by atoms with E-state index in [1.807, 2.05) is 44.2 Å². The van der Waals surface area contributed by atoms with Crippen LogP contribution in [0.4, 0.5) is 4.79 Å². The average Bonchev–Trinajstić information content (AvgIpc) is 2.51. The van der Waals surface area contributed by atoms with Crippen LogP contribution in [0.15, 0.2) is 30.3 Å². The van der Waals surface area contributed by atoms with Gasteiger partial charge in [-0.1, -0.05) is 50.6 Å². The van der Waals surface area contributed by atoms with Crippen molar-refractivity contribution in [3.63, 3.8) is 0 Å². The number of alkyl carbamates (subject to hydrolysis) is 1. The van der Waals surface area contributed by atoms with Crippen LogP contribution in [0.5, 0.6) is 0 Å². The summed E-state index contributed by atoms with van der Waals surface area (Å²) in [5, 5.41) is 5.60. The second-order valence-corrected chi connectivity index (χ2v) is 7.04. The lowest BCUT2D eigenvalue weighted by Crippen LogP contribution is -2.51. The van der Waals surface area contributed by atoms with Crippen molar-refractivity contribution in [2.45, 2.75) is 59.1 Å². The van der Waals surface area contributed by atoms with Gasteiger partial charge in [-0.25, -0.2) is 4.79 Å². The molecule has 1 rings (SSSR count). The maximum atomic E-state index is 12.5. The molecule has 0 radical (unpaired) electrons. The van der Waals surface area contributed by atoms with Gasteiger partial charge in [-0.05, 0) is 38.7 Å². The van der Waals surface area contributed by atoms with Gasteiger partial charge in [0.1, 0.15) is 11.6 Å². The van der Waals surface area contributed by atoms with Gasteiger partial charge in [0.05, 0.1) is 0 Å². The largest absolute Gasteiger partial charge is 0.444 e. The Bertz CT molecular complexity index is 523. The highest BCUT2D eigenvalue weighted by Gasteiger charge is 2.27. The van der Waals surface area contributed by atoms with Gasteiger partial charge < -0.3 is 15.4 Å². The Labute approximate surface area is 145 Å². The van der Waals surface area contributed by atoms with E-state index in [1.165, 1.54) is 0 Å². The molecule has 5 nitrogen and oxygen atoms in total. The van der Waals surface area contributed by atoms with Crippen LogP contribution in [0.3, 0.4) is 0 Å². The summed E-state index contributed by atoms with van der Waals surface area (Å²) >= 11 is 0. The highest BCUT2D eigenvalue weighted by Crippen LogP contribution is 2.11. The molecule has 1 aromatic rings. The predicted molar refractivity (Wildman–Crippen MR) is 95.8 cm³/mol. The minimum absolute atomic E-state index is 0.0224. The zero-order chi connectivity index (χ0) is 18.2.